The fraction of sp³-hybridized carbons (Fsp3) is 0.391. The van der Waals surface area contributed by atoms with E-state index in [1.165, 1.54) is 48.2 Å². The molecule has 0 bridgehead atoms. The number of aliphatic hydroxyl groups excluding tert-OH is 1. The molecule has 0 amide bonds. The topological polar surface area (TPSA) is 38.8 Å². The van der Waals surface area contributed by atoms with Crippen molar-refractivity contribution in [1.82, 2.24) is 4.57 Å². The first-order chi connectivity index (χ1) is 13.2. The monoisotopic (exact) mass is 365 g/mol. The quantitative estimate of drug-likeness (QED) is 0.705. The van der Waals surface area contributed by atoms with E-state index in [2.05, 4.69) is 47.0 Å². The number of nitrogens with one attached hydrogen (secondary N) is 1. The molecule has 1 aromatic heterocycles. The molecule has 142 valence electrons. The minimum Gasteiger partial charge on any atom is -0.497 e. The molecule has 1 aliphatic heterocycles. The highest BCUT2D eigenvalue weighted by Crippen LogP contribution is 2.29. The van der Waals surface area contributed by atoms with Gasteiger partial charge in [0.1, 0.15) is 18.4 Å². The summed E-state index contributed by atoms with van der Waals surface area (Å²) in [6, 6.07) is 18.8. The Morgan fingerprint density at radius 3 is 2.52 bits per heavy atom. The molecule has 2 N–H and O–H groups in total. The number of nitrogens with zero attached hydrogens (tertiary/aromatic N) is 1. The largest absolute Gasteiger partial charge is 0.497 e. The summed E-state index contributed by atoms with van der Waals surface area (Å²) in [6.45, 7) is 3.83. The summed E-state index contributed by atoms with van der Waals surface area (Å²) >= 11 is 0. The number of para-hydroxylation sites is 1. The number of quaternary nitrogens is 1. The van der Waals surface area contributed by atoms with Crippen LogP contribution in [-0.4, -0.2) is 42.5 Å². The van der Waals surface area contributed by atoms with Gasteiger partial charge in [-0.05, 0) is 61.2 Å². The number of aromatic nitrogens is 1. The van der Waals surface area contributed by atoms with Crippen molar-refractivity contribution >= 4 is 10.9 Å². The van der Waals surface area contributed by atoms with Crippen LogP contribution in [0.15, 0.2) is 54.6 Å². The highest BCUT2D eigenvalue weighted by molar-refractivity contribution is 5.87. The van der Waals surface area contributed by atoms with E-state index in [0.29, 0.717) is 6.54 Å². The Labute approximate surface area is 161 Å². The Balaban J connectivity index is 1.63. The second-order valence-corrected chi connectivity index (χ2v) is 7.60. The van der Waals surface area contributed by atoms with Gasteiger partial charge in [-0.1, -0.05) is 18.2 Å². The fourth-order valence-corrected chi connectivity index (χ4v) is 4.27. The van der Waals surface area contributed by atoms with E-state index in [9.17, 15) is 5.11 Å². The van der Waals surface area contributed by atoms with Gasteiger partial charge in [-0.25, -0.2) is 0 Å². The number of methoxy groups -OCH3 is 1. The highest BCUT2D eigenvalue weighted by Gasteiger charge is 2.20. The van der Waals surface area contributed by atoms with Crippen LogP contribution in [0.25, 0.3) is 22.2 Å². The molecule has 2 aromatic carbocycles. The van der Waals surface area contributed by atoms with E-state index < -0.39 is 0 Å². The minimum atomic E-state index is -0.342. The van der Waals surface area contributed by atoms with Crippen LogP contribution in [0.4, 0.5) is 0 Å². The fourth-order valence-electron chi connectivity index (χ4n) is 4.27. The van der Waals surface area contributed by atoms with Gasteiger partial charge in [0, 0.05) is 16.6 Å². The zero-order valence-corrected chi connectivity index (χ0v) is 16.0. The molecule has 0 spiro atoms. The van der Waals surface area contributed by atoms with Gasteiger partial charge in [0.05, 0.1) is 26.7 Å². The summed E-state index contributed by atoms with van der Waals surface area (Å²) in [5, 5.41) is 12.0. The lowest BCUT2D eigenvalue weighted by atomic mass is 10.1. The van der Waals surface area contributed by atoms with E-state index in [0.717, 1.165) is 23.6 Å². The van der Waals surface area contributed by atoms with Gasteiger partial charge in [-0.2, -0.15) is 0 Å². The molecule has 1 aliphatic rings. The lowest BCUT2D eigenvalue weighted by molar-refractivity contribution is -0.908. The zero-order chi connectivity index (χ0) is 18.6. The summed E-state index contributed by atoms with van der Waals surface area (Å²) in [5.41, 5.74) is 3.46. The predicted octanol–water partition coefficient (Wildman–Crippen LogP) is 2.75. The maximum Gasteiger partial charge on any atom is 0.121 e. The van der Waals surface area contributed by atoms with Gasteiger partial charge in [0.25, 0.3) is 0 Å². The second-order valence-electron chi connectivity index (χ2n) is 7.60. The summed E-state index contributed by atoms with van der Waals surface area (Å²) in [5.74, 6) is 0.857. The third-order valence-corrected chi connectivity index (χ3v) is 5.67. The summed E-state index contributed by atoms with van der Waals surface area (Å²) in [4.78, 5) is 1.54. The number of hydrogen-bond acceptors (Lipinski definition) is 2. The van der Waals surface area contributed by atoms with E-state index in [1.54, 1.807) is 7.11 Å². The number of fused-ring (bicyclic) bond motifs is 1. The van der Waals surface area contributed by atoms with Gasteiger partial charge in [0.2, 0.25) is 0 Å². The molecular formula is C23H29N2O2+. The number of ether oxygens (including phenoxy) is 1. The molecule has 0 aliphatic carbocycles. The van der Waals surface area contributed by atoms with E-state index >= 15 is 0 Å². The summed E-state index contributed by atoms with van der Waals surface area (Å²) in [7, 11) is 1.69. The van der Waals surface area contributed by atoms with Crippen molar-refractivity contribution in [2.24, 2.45) is 0 Å². The Hall–Kier alpha value is -2.30. The smallest absolute Gasteiger partial charge is 0.121 e. The normalized spacial score (nSPS) is 16.5. The van der Waals surface area contributed by atoms with Gasteiger partial charge < -0.3 is 19.3 Å². The minimum absolute atomic E-state index is 0.342. The molecule has 0 unspecified atom stereocenters. The van der Waals surface area contributed by atoms with E-state index in [4.69, 9.17) is 4.74 Å². The van der Waals surface area contributed by atoms with Crippen molar-refractivity contribution in [3.63, 3.8) is 0 Å². The van der Waals surface area contributed by atoms with Crippen molar-refractivity contribution in [3.8, 4) is 17.0 Å². The highest BCUT2D eigenvalue weighted by atomic mass is 16.5. The number of likely N-dealkylation sites (tertiary alicyclic amines) is 1. The van der Waals surface area contributed by atoms with Crippen molar-refractivity contribution in [2.45, 2.75) is 31.9 Å². The van der Waals surface area contributed by atoms with Crippen LogP contribution >= 0.6 is 0 Å². The van der Waals surface area contributed by atoms with E-state index in [1.807, 2.05) is 12.1 Å². The van der Waals surface area contributed by atoms with Crippen LogP contribution in [0.3, 0.4) is 0 Å². The van der Waals surface area contributed by atoms with Gasteiger partial charge in [-0.3, -0.25) is 0 Å². The average molecular weight is 365 g/mol. The Morgan fingerprint density at radius 1 is 1.04 bits per heavy atom. The molecule has 4 nitrogen and oxygen atoms in total. The second kappa shape index (κ2) is 8.15. The third-order valence-electron chi connectivity index (χ3n) is 5.67. The molecule has 1 saturated heterocycles. The maximum atomic E-state index is 10.8. The van der Waals surface area contributed by atoms with Crippen LogP contribution in [0.5, 0.6) is 5.75 Å². The van der Waals surface area contributed by atoms with Crippen LogP contribution in [0.1, 0.15) is 19.3 Å². The standard InChI is InChI=1S/C23H28N2O2/c1-27-21-11-9-18(10-12-21)23-15-19-7-3-4-8-22(19)25(23)17-20(26)16-24-13-5-2-6-14-24/h3-4,7-12,15,20,26H,2,5-6,13-14,16-17H2,1H3/p+1/t20-/m1/s1. The lowest BCUT2D eigenvalue weighted by Crippen LogP contribution is -3.13. The maximum absolute atomic E-state index is 10.8. The van der Waals surface area contributed by atoms with Crippen LogP contribution < -0.4 is 9.64 Å². The Morgan fingerprint density at radius 2 is 1.78 bits per heavy atom. The molecule has 27 heavy (non-hydrogen) atoms. The molecule has 2 heterocycles. The van der Waals surface area contributed by atoms with Gasteiger partial charge >= 0.3 is 0 Å². The SMILES string of the molecule is COc1ccc(-c2cc3ccccc3n2C[C@H](O)C[NH+]2CCCCC2)cc1. The first-order valence-electron chi connectivity index (χ1n) is 9.99. The van der Waals surface area contributed by atoms with Crippen LogP contribution in [0.2, 0.25) is 0 Å². The van der Waals surface area contributed by atoms with Crippen molar-refractivity contribution in [1.29, 1.82) is 0 Å². The van der Waals surface area contributed by atoms with Crippen molar-refractivity contribution < 1.29 is 14.7 Å². The number of rotatable bonds is 6. The molecular weight excluding hydrogens is 336 g/mol. The van der Waals surface area contributed by atoms with Crippen LogP contribution in [-0.2, 0) is 6.54 Å². The first kappa shape index (κ1) is 18.1. The number of aliphatic hydroxyl groups is 1. The first-order valence-corrected chi connectivity index (χ1v) is 9.99. The van der Waals surface area contributed by atoms with Gasteiger partial charge in [-0.15, -0.1) is 0 Å². The summed E-state index contributed by atoms with van der Waals surface area (Å²) in [6.07, 6.45) is 3.56. The van der Waals surface area contributed by atoms with Crippen LogP contribution in [0, 0.1) is 0 Å². The molecule has 0 radical (unpaired) electrons. The Bertz CT molecular complexity index is 879. The van der Waals surface area contributed by atoms with Crippen molar-refractivity contribution in [3.05, 3.63) is 54.6 Å². The lowest BCUT2D eigenvalue weighted by Gasteiger charge is -2.26. The summed E-state index contributed by atoms with van der Waals surface area (Å²) < 4.78 is 7.56. The third kappa shape index (κ3) is 4.02. The number of hydrogen-bond donors (Lipinski definition) is 2. The van der Waals surface area contributed by atoms with Crippen molar-refractivity contribution in [2.75, 3.05) is 26.7 Å². The average Bonchev–Trinajstić information content (AvgIpc) is 3.07. The molecule has 4 rings (SSSR count). The number of benzene rings is 2. The molecule has 3 aromatic rings. The number of piperidine rings is 1. The van der Waals surface area contributed by atoms with Gasteiger partial charge in [0.15, 0.2) is 0 Å². The molecule has 1 atom stereocenters. The zero-order valence-electron chi connectivity index (χ0n) is 16.0. The predicted molar refractivity (Wildman–Crippen MR) is 109 cm³/mol. The Kier molecular flexibility index (Phi) is 5.46. The van der Waals surface area contributed by atoms with E-state index in [-0.39, 0.29) is 6.10 Å². The molecule has 1 fully saturated rings. The molecule has 0 saturated carbocycles. The molecule has 4 heteroatoms.